The van der Waals surface area contributed by atoms with Gasteiger partial charge in [-0.3, -0.25) is 9.10 Å². The van der Waals surface area contributed by atoms with Gasteiger partial charge in [0.25, 0.3) is 15.9 Å². The van der Waals surface area contributed by atoms with E-state index in [1.54, 1.807) is 52.8 Å². The Hall–Kier alpha value is -2.09. The average molecular weight is 504 g/mol. The molecule has 2 unspecified atom stereocenters. The van der Waals surface area contributed by atoms with E-state index < -0.39 is 10.0 Å². The molecule has 2 aromatic carbocycles. The van der Waals surface area contributed by atoms with Crippen molar-refractivity contribution in [2.24, 2.45) is 5.92 Å². The van der Waals surface area contributed by atoms with Crippen molar-refractivity contribution in [3.63, 3.8) is 0 Å². The van der Waals surface area contributed by atoms with Crippen LogP contribution in [-0.2, 0) is 10.0 Å². The summed E-state index contributed by atoms with van der Waals surface area (Å²) >= 11 is 6.00. The van der Waals surface area contributed by atoms with E-state index in [1.807, 2.05) is 0 Å². The van der Waals surface area contributed by atoms with Gasteiger partial charge in [-0.15, -0.1) is 0 Å². The summed E-state index contributed by atoms with van der Waals surface area (Å²) in [7, 11) is -3.79. The second-order valence-corrected chi connectivity index (χ2v) is 11.7. The summed E-state index contributed by atoms with van der Waals surface area (Å²) in [5.41, 5.74) is 1.12. The number of anilines is 1. The lowest BCUT2D eigenvalue weighted by atomic mass is 9.86. The molecular weight excluding hydrogens is 470 g/mol. The molecule has 1 saturated heterocycles. The summed E-state index contributed by atoms with van der Waals surface area (Å²) in [6, 6.07) is 13.1. The first-order valence-corrected chi connectivity index (χ1v) is 14.1. The Labute approximate surface area is 208 Å². The van der Waals surface area contributed by atoms with Gasteiger partial charge < -0.3 is 10.2 Å². The third-order valence-electron chi connectivity index (χ3n) is 7.03. The Morgan fingerprint density at radius 3 is 2.29 bits per heavy atom. The number of hydrogen-bond donors (Lipinski definition) is 1. The van der Waals surface area contributed by atoms with Crippen molar-refractivity contribution in [1.82, 2.24) is 10.2 Å². The van der Waals surface area contributed by atoms with Crippen LogP contribution in [0.1, 0.15) is 55.8 Å². The smallest absolute Gasteiger partial charge is 0.264 e. The zero-order valence-electron chi connectivity index (χ0n) is 19.7. The van der Waals surface area contributed by atoms with Crippen LogP contribution in [-0.4, -0.2) is 51.4 Å². The van der Waals surface area contributed by atoms with E-state index >= 15 is 0 Å². The highest BCUT2D eigenvalue weighted by Gasteiger charge is 2.36. The lowest BCUT2D eigenvalue weighted by Crippen LogP contribution is -2.45. The van der Waals surface area contributed by atoms with E-state index in [-0.39, 0.29) is 22.8 Å². The quantitative estimate of drug-likeness (QED) is 0.554. The molecule has 2 aromatic rings. The first-order chi connectivity index (χ1) is 16.4. The molecule has 0 spiro atoms. The molecule has 34 heavy (non-hydrogen) atoms. The van der Waals surface area contributed by atoms with E-state index in [4.69, 9.17) is 11.6 Å². The first-order valence-electron chi connectivity index (χ1n) is 12.3. The van der Waals surface area contributed by atoms with Crippen LogP contribution < -0.4 is 9.62 Å². The lowest BCUT2D eigenvalue weighted by molar-refractivity contribution is 0.0949. The molecule has 8 heteroatoms. The number of benzene rings is 2. The highest BCUT2D eigenvalue weighted by Crippen LogP contribution is 2.36. The van der Waals surface area contributed by atoms with E-state index in [2.05, 4.69) is 17.1 Å². The van der Waals surface area contributed by atoms with Gasteiger partial charge in [-0.25, -0.2) is 8.42 Å². The van der Waals surface area contributed by atoms with Crippen LogP contribution in [0.25, 0.3) is 0 Å². The second-order valence-electron chi connectivity index (χ2n) is 9.44. The minimum atomic E-state index is -3.79. The van der Waals surface area contributed by atoms with Gasteiger partial charge in [0.2, 0.25) is 0 Å². The largest absolute Gasteiger partial charge is 0.351 e. The first kappa shape index (κ1) is 25.0. The van der Waals surface area contributed by atoms with Crippen LogP contribution in [0.15, 0.2) is 53.4 Å². The van der Waals surface area contributed by atoms with E-state index in [0.29, 0.717) is 22.8 Å². The highest BCUT2D eigenvalue weighted by atomic mass is 35.5. The number of hydrogen-bond acceptors (Lipinski definition) is 4. The number of halogens is 1. The summed E-state index contributed by atoms with van der Waals surface area (Å²) in [6.45, 7) is 5.79. The third-order valence-corrected chi connectivity index (χ3v) is 9.15. The van der Waals surface area contributed by atoms with Gasteiger partial charge >= 0.3 is 0 Å². The van der Waals surface area contributed by atoms with Crippen molar-refractivity contribution >= 4 is 33.2 Å². The number of amides is 1. The van der Waals surface area contributed by atoms with Crippen molar-refractivity contribution in [2.75, 3.05) is 30.5 Å². The minimum Gasteiger partial charge on any atom is -0.351 e. The van der Waals surface area contributed by atoms with Gasteiger partial charge in [-0.05, 0) is 93.2 Å². The second kappa shape index (κ2) is 11.1. The Balaban J connectivity index is 1.55. The minimum absolute atomic E-state index is 0.130. The number of nitrogens with zero attached hydrogens (tertiary/aromatic N) is 2. The number of carbonyl (C=O) groups excluding carboxylic acids is 1. The summed E-state index contributed by atoms with van der Waals surface area (Å²) < 4.78 is 29.1. The van der Waals surface area contributed by atoms with Crippen molar-refractivity contribution in [3.8, 4) is 0 Å². The normalized spacial score (nSPS) is 21.4. The number of sulfonamides is 1. The highest BCUT2D eigenvalue weighted by molar-refractivity contribution is 7.92. The zero-order chi connectivity index (χ0) is 24.1. The predicted octanol–water partition coefficient (Wildman–Crippen LogP) is 4.94. The maximum Gasteiger partial charge on any atom is 0.264 e. The molecule has 2 fully saturated rings. The summed E-state index contributed by atoms with van der Waals surface area (Å²) in [5.74, 6) is 0.105. The number of rotatable bonds is 8. The van der Waals surface area contributed by atoms with Crippen molar-refractivity contribution < 1.29 is 13.2 Å². The molecule has 6 nitrogen and oxygen atoms in total. The van der Waals surface area contributed by atoms with Crippen molar-refractivity contribution in [1.29, 1.82) is 0 Å². The molecule has 1 saturated carbocycles. The Morgan fingerprint density at radius 1 is 1.00 bits per heavy atom. The van der Waals surface area contributed by atoms with Gasteiger partial charge in [0.15, 0.2) is 0 Å². The maximum atomic E-state index is 13.8. The molecule has 1 N–H and O–H groups in total. The van der Waals surface area contributed by atoms with Crippen LogP contribution in [0.2, 0.25) is 5.02 Å². The molecule has 1 aliphatic heterocycles. The predicted molar refractivity (Wildman–Crippen MR) is 137 cm³/mol. The van der Waals surface area contributed by atoms with Crippen LogP contribution >= 0.6 is 11.6 Å². The van der Waals surface area contributed by atoms with E-state index in [9.17, 15) is 13.2 Å². The summed E-state index contributed by atoms with van der Waals surface area (Å²) in [4.78, 5) is 15.2. The monoisotopic (exact) mass is 503 g/mol. The number of nitrogens with one attached hydrogen (secondary N) is 1. The summed E-state index contributed by atoms with van der Waals surface area (Å²) in [5, 5.41) is 3.48. The summed E-state index contributed by atoms with van der Waals surface area (Å²) in [6.07, 6.45) is 6.37. The molecular formula is C26H34ClN3O3S. The molecule has 1 heterocycles. The fraction of sp³-hybridized carbons (Fsp3) is 0.500. The van der Waals surface area contributed by atoms with E-state index in [1.165, 1.54) is 12.8 Å². The number of carbonyl (C=O) groups is 1. The van der Waals surface area contributed by atoms with Gasteiger partial charge in [0.05, 0.1) is 10.6 Å². The van der Waals surface area contributed by atoms with Crippen LogP contribution in [0.3, 0.4) is 0 Å². The third kappa shape index (κ3) is 5.75. The topological polar surface area (TPSA) is 69.7 Å². The van der Waals surface area contributed by atoms with Gasteiger partial charge in [0, 0.05) is 29.7 Å². The molecule has 184 valence electrons. The van der Waals surface area contributed by atoms with Gasteiger partial charge in [-0.1, -0.05) is 31.4 Å². The standard InChI is InChI=1S/C26H34ClN3O3S/c1-20-6-2-3-7-25(20)30(34(32,33)24-14-10-22(27)11-15-24)23-12-8-21(9-13-23)26(31)28-16-19-29-17-4-5-18-29/h8-15,20,25H,2-7,16-19H2,1H3,(H,28,31). The fourth-order valence-corrected chi connectivity index (χ4v) is 6.97. The maximum absolute atomic E-state index is 13.8. The molecule has 4 rings (SSSR count). The Morgan fingerprint density at radius 2 is 1.65 bits per heavy atom. The average Bonchev–Trinajstić information content (AvgIpc) is 3.35. The van der Waals surface area contributed by atoms with Gasteiger partial charge in [-0.2, -0.15) is 0 Å². The molecule has 0 bridgehead atoms. The SMILES string of the molecule is CC1CCCCC1N(c1ccc(C(=O)NCCN2CCCC2)cc1)S(=O)(=O)c1ccc(Cl)cc1. The molecule has 2 atom stereocenters. The molecule has 2 aliphatic rings. The van der Waals surface area contributed by atoms with Gasteiger partial charge in [0.1, 0.15) is 0 Å². The molecule has 1 aliphatic carbocycles. The lowest BCUT2D eigenvalue weighted by Gasteiger charge is -2.39. The Bertz CT molecular complexity index is 1070. The Kier molecular flexibility index (Phi) is 8.17. The number of likely N-dealkylation sites (tertiary alicyclic amines) is 1. The van der Waals surface area contributed by atoms with Crippen molar-refractivity contribution in [2.45, 2.75) is 56.4 Å². The van der Waals surface area contributed by atoms with E-state index in [0.717, 1.165) is 45.3 Å². The zero-order valence-corrected chi connectivity index (χ0v) is 21.3. The molecule has 0 radical (unpaired) electrons. The van der Waals surface area contributed by atoms with Crippen LogP contribution in [0.5, 0.6) is 0 Å². The van der Waals surface area contributed by atoms with Crippen LogP contribution in [0, 0.1) is 5.92 Å². The van der Waals surface area contributed by atoms with Crippen molar-refractivity contribution in [3.05, 3.63) is 59.1 Å². The molecule has 0 aromatic heterocycles. The molecule has 1 amide bonds. The van der Waals surface area contributed by atoms with Crippen LogP contribution in [0.4, 0.5) is 5.69 Å². The fourth-order valence-electron chi connectivity index (χ4n) is 5.07.